The van der Waals surface area contributed by atoms with E-state index in [1.165, 1.54) is 0 Å². The summed E-state index contributed by atoms with van der Waals surface area (Å²) in [5.74, 6) is -0.304. The molecule has 8 nitrogen and oxygen atoms in total. The molecule has 4 N–H and O–H groups in total. The van der Waals surface area contributed by atoms with E-state index in [1.54, 1.807) is 0 Å². The Morgan fingerprint density at radius 3 is 1.38 bits per heavy atom. The Morgan fingerprint density at radius 2 is 1.06 bits per heavy atom. The Kier molecular flexibility index (Phi) is 9.76. The van der Waals surface area contributed by atoms with Gasteiger partial charge in [0.2, 0.25) is 0 Å². The molecule has 0 aromatic heterocycles. The molecule has 2 saturated carbocycles. The van der Waals surface area contributed by atoms with Crippen LogP contribution < -0.4 is 0 Å². The maximum Gasteiger partial charge on any atom is 0.168 e. The van der Waals surface area contributed by atoms with Gasteiger partial charge < -0.3 is 20.4 Å². The Hall–Kier alpha value is -2.32. The molecule has 0 spiro atoms. The summed E-state index contributed by atoms with van der Waals surface area (Å²) < 4.78 is 0. The minimum Gasteiger partial charge on any atom is -0.511 e. The van der Waals surface area contributed by atoms with Crippen molar-refractivity contribution in [3.8, 4) is 0 Å². The zero-order valence-electron chi connectivity index (χ0n) is 21.0. The van der Waals surface area contributed by atoms with Crippen molar-refractivity contribution in [2.75, 3.05) is 26.3 Å². The number of aliphatic hydroxyl groups is 4. The summed E-state index contributed by atoms with van der Waals surface area (Å²) in [6.45, 7) is 8.04. The minimum absolute atomic E-state index is 0.00924. The Labute approximate surface area is 202 Å². The number of aliphatic imine (C=N–C) groups is 2. The number of ketones is 2. The molecular weight excluding hydrogens is 436 g/mol. The van der Waals surface area contributed by atoms with Crippen LogP contribution in [-0.2, 0) is 9.59 Å². The number of rotatable bonds is 9. The van der Waals surface area contributed by atoms with Crippen LogP contribution in [0.25, 0.3) is 0 Å². The van der Waals surface area contributed by atoms with Crippen molar-refractivity contribution >= 4 is 23.0 Å². The molecule has 0 saturated heterocycles. The summed E-state index contributed by atoms with van der Waals surface area (Å²) in [5.41, 5.74) is 1.11. The predicted octanol–water partition coefficient (Wildman–Crippen LogP) is 3.82. The molecule has 0 aromatic rings. The van der Waals surface area contributed by atoms with E-state index in [-0.39, 0.29) is 84.2 Å². The van der Waals surface area contributed by atoms with Crippen LogP contribution >= 0.6 is 0 Å². The quantitative estimate of drug-likeness (QED) is 0.227. The van der Waals surface area contributed by atoms with Gasteiger partial charge in [0.05, 0.1) is 37.4 Å². The lowest BCUT2D eigenvalue weighted by atomic mass is 9.73. The van der Waals surface area contributed by atoms with Crippen LogP contribution in [-0.4, -0.2) is 69.7 Å². The van der Waals surface area contributed by atoms with Gasteiger partial charge >= 0.3 is 0 Å². The number of hydrogen-bond donors (Lipinski definition) is 4. The van der Waals surface area contributed by atoms with E-state index in [2.05, 4.69) is 9.98 Å². The van der Waals surface area contributed by atoms with Crippen LogP contribution in [0.1, 0.15) is 79.1 Å². The first-order valence-corrected chi connectivity index (χ1v) is 12.1. The third kappa shape index (κ3) is 7.60. The second kappa shape index (κ2) is 11.9. The Morgan fingerprint density at radius 1 is 0.706 bits per heavy atom. The fraction of sp³-hybridized carbons (Fsp3) is 0.692. The molecule has 0 bridgehead atoms. The number of hydrogen-bond acceptors (Lipinski definition) is 8. The molecule has 0 aromatic carbocycles. The van der Waals surface area contributed by atoms with E-state index in [1.807, 2.05) is 27.7 Å². The molecule has 0 radical (unpaired) electrons. The van der Waals surface area contributed by atoms with Gasteiger partial charge in [-0.05, 0) is 36.5 Å². The summed E-state index contributed by atoms with van der Waals surface area (Å²) in [6, 6.07) is 0. The maximum atomic E-state index is 12.7. The van der Waals surface area contributed by atoms with Crippen LogP contribution in [0.2, 0.25) is 0 Å². The number of carbonyl (C=O) groups is 2. The monoisotopic (exact) mass is 476 g/mol. The largest absolute Gasteiger partial charge is 0.511 e. The van der Waals surface area contributed by atoms with Gasteiger partial charge in [0.1, 0.15) is 11.5 Å². The zero-order chi connectivity index (χ0) is 25.5. The molecule has 0 atom stereocenters. The number of carbonyl (C=O) groups excluding carboxylic acids is 2. The number of nitrogens with zero attached hydrogens (tertiary/aromatic N) is 2. The van der Waals surface area contributed by atoms with Crippen LogP contribution in [0.15, 0.2) is 32.6 Å². The van der Waals surface area contributed by atoms with Gasteiger partial charge in [-0.2, -0.15) is 0 Å². The van der Waals surface area contributed by atoms with Crippen LogP contribution in [0.3, 0.4) is 0 Å². The first-order valence-electron chi connectivity index (χ1n) is 12.1. The highest BCUT2D eigenvalue weighted by molar-refractivity contribution is 6.25. The number of Topliss-reactive ketones (excluding diaryl/α,β-unsaturated/α-hetero) is 2. The van der Waals surface area contributed by atoms with Gasteiger partial charge in [0, 0.05) is 37.1 Å². The third-order valence-electron chi connectivity index (χ3n) is 6.16. The van der Waals surface area contributed by atoms with Gasteiger partial charge in [-0.25, -0.2) is 0 Å². The number of allylic oxidation sites excluding steroid dienone is 4. The van der Waals surface area contributed by atoms with Crippen molar-refractivity contribution in [2.45, 2.75) is 79.1 Å². The highest BCUT2D eigenvalue weighted by atomic mass is 16.3. The average Bonchev–Trinajstić information content (AvgIpc) is 2.71. The van der Waals surface area contributed by atoms with Gasteiger partial charge in [0.15, 0.2) is 11.6 Å². The minimum atomic E-state index is -0.247. The molecule has 8 heteroatoms. The first kappa shape index (κ1) is 27.9. The van der Waals surface area contributed by atoms with Crippen molar-refractivity contribution < 1.29 is 30.0 Å². The predicted molar refractivity (Wildman–Crippen MR) is 133 cm³/mol. The van der Waals surface area contributed by atoms with Gasteiger partial charge in [-0.1, -0.05) is 27.7 Å². The molecule has 0 heterocycles. The highest BCUT2D eigenvalue weighted by Crippen LogP contribution is 2.37. The normalized spacial score (nSPS) is 25.7. The standard InChI is InChI=1S/C26H40N2O6/c1-25(2)13-17(27-9-11-29)23(21(33)15-25)19(31)7-5-6-8-20(32)24-18(28-10-12-30)14-26(3,4)16-22(24)34/h29-32H,5-16H2,1-4H3/b23-19+,24-20+,27-17?,28-18?. The highest BCUT2D eigenvalue weighted by Gasteiger charge is 2.37. The molecule has 0 amide bonds. The molecular formula is C26H40N2O6. The molecule has 0 aliphatic heterocycles. The Balaban J connectivity index is 2.10. The second-order valence-corrected chi connectivity index (χ2v) is 10.8. The summed E-state index contributed by atoms with van der Waals surface area (Å²) in [6.07, 6.45) is 3.30. The molecule has 2 aliphatic rings. The molecule has 2 fully saturated rings. The molecule has 34 heavy (non-hydrogen) atoms. The van der Waals surface area contributed by atoms with Crippen molar-refractivity contribution in [2.24, 2.45) is 20.8 Å². The van der Waals surface area contributed by atoms with Crippen molar-refractivity contribution in [3.05, 3.63) is 22.7 Å². The van der Waals surface area contributed by atoms with E-state index >= 15 is 0 Å². The smallest absolute Gasteiger partial charge is 0.168 e. The first-order chi connectivity index (χ1) is 15.9. The SMILES string of the molecule is CC1(C)CC(=O)/C(=C(/O)CCCC/C(O)=C2\C(=O)CC(C)(C)CC2=NCCO)C(=NCCO)C1. The summed E-state index contributed by atoms with van der Waals surface area (Å²) in [5, 5.41) is 39.6. The number of aliphatic hydroxyl groups excluding tert-OH is 4. The van der Waals surface area contributed by atoms with Gasteiger partial charge in [0.25, 0.3) is 0 Å². The van der Waals surface area contributed by atoms with Crippen LogP contribution in [0.5, 0.6) is 0 Å². The number of unbranched alkanes of at least 4 members (excludes halogenated alkanes) is 1. The second-order valence-electron chi connectivity index (χ2n) is 10.8. The van der Waals surface area contributed by atoms with Crippen molar-refractivity contribution in [1.29, 1.82) is 0 Å². The fourth-order valence-electron chi connectivity index (χ4n) is 4.71. The van der Waals surface area contributed by atoms with E-state index in [0.717, 1.165) is 0 Å². The van der Waals surface area contributed by atoms with E-state index in [0.29, 0.717) is 49.9 Å². The van der Waals surface area contributed by atoms with Crippen LogP contribution in [0.4, 0.5) is 0 Å². The fourth-order valence-corrected chi connectivity index (χ4v) is 4.71. The molecule has 2 aliphatic carbocycles. The lowest BCUT2D eigenvalue weighted by molar-refractivity contribution is -0.118. The topological polar surface area (TPSA) is 140 Å². The summed E-state index contributed by atoms with van der Waals surface area (Å²) in [7, 11) is 0. The summed E-state index contributed by atoms with van der Waals surface area (Å²) in [4.78, 5) is 34.1. The van der Waals surface area contributed by atoms with E-state index < -0.39 is 0 Å². The van der Waals surface area contributed by atoms with Crippen LogP contribution in [0, 0.1) is 10.8 Å². The average molecular weight is 477 g/mol. The Bertz CT molecular complexity index is 834. The molecule has 2 rings (SSSR count). The zero-order valence-corrected chi connectivity index (χ0v) is 21.0. The van der Waals surface area contributed by atoms with Crippen molar-refractivity contribution in [3.63, 3.8) is 0 Å². The van der Waals surface area contributed by atoms with Gasteiger partial charge in [-0.3, -0.25) is 19.6 Å². The lowest BCUT2D eigenvalue weighted by Gasteiger charge is -2.31. The molecule has 0 unspecified atom stereocenters. The maximum absolute atomic E-state index is 12.7. The van der Waals surface area contributed by atoms with Gasteiger partial charge in [-0.15, -0.1) is 0 Å². The van der Waals surface area contributed by atoms with E-state index in [4.69, 9.17) is 10.2 Å². The summed E-state index contributed by atoms with van der Waals surface area (Å²) >= 11 is 0. The third-order valence-corrected chi connectivity index (χ3v) is 6.16. The van der Waals surface area contributed by atoms with E-state index in [9.17, 15) is 19.8 Å². The lowest BCUT2D eigenvalue weighted by Crippen LogP contribution is -2.33. The molecule has 190 valence electrons. The van der Waals surface area contributed by atoms with Crippen molar-refractivity contribution in [1.82, 2.24) is 0 Å².